The van der Waals surface area contributed by atoms with Crippen molar-refractivity contribution in [2.45, 2.75) is 40.0 Å². The van der Waals surface area contributed by atoms with Crippen LogP contribution in [0.4, 0.5) is 9.39 Å². The number of anilines is 1. The molecular formula is C24H29FN2O4S. The van der Waals surface area contributed by atoms with Crippen LogP contribution in [0.15, 0.2) is 29.6 Å². The number of likely N-dealkylation sites (tertiary alicyclic amines) is 1. The molecule has 8 heteroatoms. The number of thiophene rings is 1. The number of halogens is 1. The average Bonchev–Trinajstić information content (AvgIpc) is 3.15. The van der Waals surface area contributed by atoms with Gasteiger partial charge in [-0.3, -0.25) is 9.59 Å². The van der Waals surface area contributed by atoms with E-state index < -0.39 is 5.97 Å². The molecule has 0 saturated carbocycles. The lowest BCUT2D eigenvalue weighted by Gasteiger charge is -2.31. The van der Waals surface area contributed by atoms with E-state index in [2.05, 4.69) is 19.2 Å². The predicted octanol–water partition coefficient (Wildman–Crippen LogP) is 4.75. The van der Waals surface area contributed by atoms with Gasteiger partial charge >= 0.3 is 5.97 Å². The molecule has 2 amide bonds. The topological polar surface area (TPSA) is 75.7 Å². The zero-order chi connectivity index (χ0) is 23.3. The van der Waals surface area contributed by atoms with Gasteiger partial charge in [-0.1, -0.05) is 13.8 Å². The molecule has 3 rings (SSSR count). The summed E-state index contributed by atoms with van der Waals surface area (Å²) in [6.07, 6.45) is 1.78. The maximum atomic E-state index is 13.1. The molecule has 0 spiro atoms. The fourth-order valence-electron chi connectivity index (χ4n) is 3.84. The summed E-state index contributed by atoms with van der Waals surface area (Å²) in [5, 5.41) is 5.36. The van der Waals surface area contributed by atoms with Crippen molar-refractivity contribution in [2.24, 2.45) is 11.8 Å². The third-order valence-corrected chi connectivity index (χ3v) is 6.40. The largest absolute Gasteiger partial charge is 0.462 e. The van der Waals surface area contributed by atoms with Crippen LogP contribution in [0.1, 0.15) is 59.9 Å². The van der Waals surface area contributed by atoms with Crippen molar-refractivity contribution in [3.05, 3.63) is 52.2 Å². The van der Waals surface area contributed by atoms with Gasteiger partial charge in [-0.15, -0.1) is 11.3 Å². The molecule has 0 unspecified atom stereocenters. The van der Waals surface area contributed by atoms with Crippen molar-refractivity contribution in [2.75, 3.05) is 25.0 Å². The number of nitrogens with one attached hydrogen (secondary N) is 1. The Bertz CT molecular complexity index is 963. The minimum atomic E-state index is -0.417. The molecular weight excluding hydrogens is 431 g/mol. The highest BCUT2D eigenvalue weighted by atomic mass is 32.1. The maximum absolute atomic E-state index is 13.1. The maximum Gasteiger partial charge on any atom is 0.341 e. The van der Waals surface area contributed by atoms with Crippen molar-refractivity contribution in [1.82, 2.24) is 4.90 Å². The molecule has 32 heavy (non-hydrogen) atoms. The minimum absolute atomic E-state index is 0.151. The second kappa shape index (κ2) is 10.7. The van der Waals surface area contributed by atoms with Crippen LogP contribution in [0, 0.1) is 17.7 Å². The molecule has 1 saturated heterocycles. The van der Waals surface area contributed by atoms with Gasteiger partial charge < -0.3 is 15.0 Å². The van der Waals surface area contributed by atoms with Gasteiger partial charge in [0.2, 0.25) is 5.91 Å². The van der Waals surface area contributed by atoms with Crippen LogP contribution < -0.4 is 5.32 Å². The van der Waals surface area contributed by atoms with E-state index in [1.54, 1.807) is 11.8 Å². The second-order valence-electron chi connectivity index (χ2n) is 8.35. The Kier molecular flexibility index (Phi) is 8.01. The van der Waals surface area contributed by atoms with Crippen molar-refractivity contribution in [3.63, 3.8) is 0 Å². The molecule has 6 nitrogen and oxygen atoms in total. The van der Waals surface area contributed by atoms with Crippen molar-refractivity contribution in [1.29, 1.82) is 0 Å². The summed E-state index contributed by atoms with van der Waals surface area (Å²) < 4.78 is 18.3. The van der Waals surface area contributed by atoms with E-state index in [0.29, 0.717) is 48.0 Å². The number of amides is 2. The Balaban J connectivity index is 1.63. The predicted molar refractivity (Wildman–Crippen MR) is 122 cm³/mol. The van der Waals surface area contributed by atoms with Crippen LogP contribution >= 0.6 is 11.3 Å². The van der Waals surface area contributed by atoms with Gasteiger partial charge in [0, 0.05) is 24.6 Å². The van der Waals surface area contributed by atoms with E-state index in [9.17, 15) is 18.8 Å². The molecule has 0 atom stereocenters. The van der Waals surface area contributed by atoms with Gasteiger partial charge in [0.1, 0.15) is 10.8 Å². The second-order valence-corrected chi connectivity index (χ2v) is 9.23. The zero-order valence-electron chi connectivity index (χ0n) is 18.7. The van der Waals surface area contributed by atoms with E-state index in [0.717, 1.165) is 12.0 Å². The number of benzene rings is 1. The Labute approximate surface area is 191 Å². The fourth-order valence-corrected chi connectivity index (χ4v) is 4.80. The SMILES string of the molecule is CCOC(=O)c1c(CC(C)C)csc1NC(=O)C1CCN(C(=O)c2ccc(F)cc2)CC1. The molecule has 1 N–H and O–H groups in total. The molecule has 1 aromatic heterocycles. The van der Waals surface area contributed by atoms with Crippen molar-refractivity contribution < 1.29 is 23.5 Å². The first kappa shape index (κ1) is 23.9. The first-order valence-electron chi connectivity index (χ1n) is 10.9. The summed E-state index contributed by atoms with van der Waals surface area (Å²) in [6, 6.07) is 5.48. The highest BCUT2D eigenvalue weighted by Gasteiger charge is 2.30. The normalized spacial score (nSPS) is 14.5. The van der Waals surface area contributed by atoms with Crippen LogP contribution in [0.2, 0.25) is 0 Å². The number of carbonyl (C=O) groups is 3. The summed E-state index contributed by atoms with van der Waals surface area (Å²) in [6.45, 7) is 7.07. The molecule has 2 aromatic rings. The van der Waals surface area contributed by atoms with Gasteiger partial charge in [0.05, 0.1) is 12.2 Å². The molecule has 1 fully saturated rings. The summed E-state index contributed by atoms with van der Waals surface area (Å²) in [4.78, 5) is 39.7. The Morgan fingerprint density at radius 3 is 2.44 bits per heavy atom. The molecule has 1 aromatic carbocycles. The monoisotopic (exact) mass is 460 g/mol. The molecule has 0 bridgehead atoms. The van der Waals surface area contributed by atoms with Gasteiger partial charge in [-0.25, -0.2) is 9.18 Å². The quantitative estimate of drug-likeness (QED) is 0.605. The minimum Gasteiger partial charge on any atom is -0.462 e. The molecule has 0 aliphatic carbocycles. The molecule has 2 heterocycles. The number of rotatable bonds is 7. The molecule has 0 radical (unpaired) electrons. The summed E-state index contributed by atoms with van der Waals surface area (Å²) in [7, 11) is 0. The number of esters is 1. The number of carbonyl (C=O) groups excluding carboxylic acids is 3. The first-order valence-corrected chi connectivity index (χ1v) is 11.8. The van der Waals surface area contributed by atoms with Crippen LogP contribution in [0.3, 0.4) is 0 Å². The summed E-state index contributed by atoms with van der Waals surface area (Å²) in [5.74, 6) is -1.00. The number of hydrogen-bond acceptors (Lipinski definition) is 5. The zero-order valence-corrected chi connectivity index (χ0v) is 19.5. The van der Waals surface area contributed by atoms with Crippen LogP contribution in [-0.2, 0) is 16.0 Å². The molecule has 1 aliphatic heterocycles. The van der Waals surface area contributed by atoms with Gasteiger partial charge in [0.15, 0.2) is 0 Å². The van der Waals surface area contributed by atoms with Crippen molar-refractivity contribution >= 4 is 34.1 Å². The molecule has 172 valence electrons. The lowest BCUT2D eigenvalue weighted by molar-refractivity contribution is -0.121. The van der Waals surface area contributed by atoms with Gasteiger partial charge in [0.25, 0.3) is 5.91 Å². The van der Waals surface area contributed by atoms with Crippen LogP contribution in [0.5, 0.6) is 0 Å². The van der Waals surface area contributed by atoms with E-state index in [1.165, 1.54) is 35.6 Å². The first-order chi connectivity index (χ1) is 15.3. The average molecular weight is 461 g/mol. The Hall–Kier alpha value is -2.74. The summed E-state index contributed by atoms with van der Waals surface area (Å²) >= 11 is 1.34. The number of ether oxygens (including phenoxy) is 1. The fraction of sp³-hybridized carbons (Fsp3) is 0.458. The van der Waals surface area contributed by atoms with Gasteiger partial charge in [-0.05, 0) is 67.3 Å². The van der Waals surface area contributed by atoms with E-state index in [4.69, 9.17) is 4.74 Å². The number of nitrogens with zero attached hydrogens (tertiary/aromatic N) is 1. The molecule has 1 aliphatic rings. The highest BCUT2D eigenvalue weighted by Crippen LogP contribution is 2.32. The van der Waals surface area contributed by atoms with Crippen molar-refractivity contribution in [3.8, 4) is 0 Å². The Morgan fingerprint density at radius 1 is 1.19 bits per heavy atom. The van der Waals surface area contributed by atoms with Crippen LogP contribution in [-0.4, -0.2) is 42.4 Å². The third-order valence-electron chi connectivity index (χ3n) is 5.46. The standard InChI is InChI=1S/C24H29FN2O4S/c1-4-31-24(30)20-18(13-15(2)3)14-32-22(20)26-21(28)16-9-11-27(12-10-16)23(29)17-5-7-19(25)8-6-17/h5-8,14-16H,4,9-13H2,1-3H3,(H,26,28). The number of piperidine rings is 1. The highest BCUT2D eigenvalue weighted by molar-refractivity contribution is 7.15. The lowest BCUT2D eigenvalue weighted by atomic mass is 9.95. The van der Waals surface area contributed by atoms with E-state index in [-0.39, 0.29) is 30.2 Å². The van der Waals surface area contributed by atoms with E-state index >= 15 is 0 Å². The lowest BCUT2D eigenvalue weighted by Crippen LogP contribution is -2.41. The third kappa shape index (κ3) is 5.73. The van der Waals surface area contributed by atoms with E-state index in [1.807, 2.05) is 5.38 Å². The summed E-state index contributed by atoms with van der Waals surface area (Å²) in [5.41, 5.74) is 1.77. The number of hydrogen-bond donors (Lipinski definition) is 1. The Morgan fingerprint density at radius 2 is 1.84 bits per heavy atom. The van der Waals surface area contributed by atoms with Gasteiger partial charge in [-0.2, -0.15) is 0 Å². The smallest absolute Gasteiger partial charge is 0.341 e. The van der Waals surface area contributed by atoms with Crippen LogP contribution in [0.25, 0.3) is 0 Å².